The minimum Gasteiger partial charge on any atom is -0.463 e. The van der Waals surface area contributed by atoms with Crippen LogP contribution in [-0.2, 0) is 33.3 Å². The number of amides is 1. The third-order valence-corrected chi connectivity index (χ3v) is 11.9. The van der Waals surface area contributed by atoms with Crippen LogP contribution in [0.25, 0.3) is 0 Å². The van der Waals surface area contributed by atoms with Crippen LogP contribution in [0.15, 0.2) is 0 Å². The maximum absolute atomic E-state index is 14.3. The van der Waals surface area contributed by atoms with Crippen LogP contribution in [0.2, 0.25) is 0 Å². The molecule has 50 heavy (non-hydrogen) atoms. The van der Waals surface area contributed by atoms with Gasteiger partial charge in [0.05, 0.1) is 17.8 Å². The van der Waals surface area contributed by atoms with Crippen molar-refractivity contribution < 1.29 is 38.4 Å². The number of hydrogen-bond acceptors (Lipinski definition) is 11. The number of cyclic esters (lactones) is 1. The molecule has 0 radical (unpaired) electrons. The van der Waals surface area contributed by atoms with Crippen LogP contribution < -0.4 is 0 Å². The van der Waals surface area contributed by atoms with E-state index in [1.807, 2.05) is 44.8 Å². The van der Waals surface area contributed by atoms with Gasteiger partial charge in [-0.15, -0.1) is 0 Å². The van der Waals surface area contributed by atoms with Gasteiger partial charge in [0.25, 0.3) is 0 Å². The Balaban J connectivity index is 1.49. The van der Waals surface area contributed by atoms with Crippen LogP contribution in [0.5, 0.6) is 0 Å². The molecule has 1 aliphatic carbocycles. The molecule has 12 heteroatoms. The molecule has 4 rings (SSSR count). The molecule has 1 amide bonds. The first kappa shape index (κ1) is 41.1. The van der Waals surface area contributed by atoms with E-state index in [-0.39, 0.29) is 48.3 Å². The molecule has 12 nitrogen and oxygen atoms in total. The molecule has 3 heterocycles. The summed E-state index contributed by atoms with van der Waals surface area (Å²) in [5.41, 5.74) is -2.42. The Kier molecular flexibility index (Phi) is 14.0. The van der Waals surface area contributed by atoms with Crippen molar-refractivity contribution >= 4 is 17.7 Å². The summed E-state index contributed by atoms with van der Waals surface area (Å²) in [6.07, 6.45) is 2.32. The zero-order valence-corrected chi connectivity index (χ0v) is 32.9. The van der Waals surface area contributed by atoms with Gasteiger partial charge in [0, 0.05) is 63.6 Å². The first-order chi connectivity index (χ1) is 23.4. The van der Waals surface area contributed by atoms with Crippen molar-refractivity contribution in [1.82, 2.24) is 19.6 Å². The number of aliphatic hydroxyl groups excluding tert-OH is 1. The molecule has 288 valence electrons. The predicted molar refractivity (Wildman–Crippen MR) is 191 cm³/mol. The van der Waals surface area contributed by atoms with E-state index in [9.17, 15) is 19.5 Å². The number of likely N-dealkylation sites (tertiary alicyclic amines) is 1. The SMILES string of the molecule is CO[C@]1(C)C[C@@H](C)CN(C)[C@H](C2CN(C(=O)CCCN(C)CC3CC3)C2)COC(=O)C(C)(C)C(=O)[C@H](C)[C@H]1O[C@@H]1O[C@H](C)C[C@H](N(C)C)[C@H]1O. The normalized spacial score (nSPS) is 36.8. The minimum atomic E-state index is -1.46. The Morgan fingerprint density at radius 3 is 2.32 bits per heavy atom. The quantitative estimate of drug-likeness (QED) is 0.252. The summed E-state index contributed by atoms with van der Waals surface area (Å²) in [6.45, 7) is 15.2. The van der Waals surface area contributed by atoms with E-state index < -0.39 is 41.4 Å². The number of esters is 1. The molecule has 1 N–H and O–H groups in total. The minimum absolute atomic E-state index is 0.0985. The molecule has 0 aromatic carbocycles. The smallest absolute Gasteiger partial charge is 0.319 e. The Bertz CT molecular complexity index is 1160. The van der Waals surface area contributed by atoms with E-state index in [2.05, 4.69) is 23.8 Å². The number of likely N-dealkylation sites (N-methyl/N-ethyl adjacent to an activating group) is 2. The molecule has 0 spiro atoms. The molecular formula is C38H68N4O8. The maximum atomic E-state index is 14.3. The zero-order chi connectivity index (χ0) is 37.1. The van der Waals surface area contributed by atoms with Gasteiger partial charge in [-0.25, -0.2) is 0 Å². The number of carbonyl (C=O) groups is 3. The molecular weight excluding hydrogens is 640 g/mol. The van der Waals surface area contributed by atoms with Crippen LogP contribution in [0, 0.1) is 29.1 Å². The number of nitrogens with zero attached hydrogens (tertiary/aromatic N) is 4. The van der Waals surface area contributed by atoms with Crippen LogP contribution in [0.1, 0.15) is 80.1 Å². The lowest BCUT2D eigenvalue weighted by Gasteiger charge is -2.47. The summed E-state index contributed by atoms with van der Waals surface area (Å²) in [4.78, 5) is 49.5. The number of Topliss-reactive ketones (excluding diaryl/α,β-unsaturated/α-hetero) is 1. The Labute approximate surface area is 301 Å². The molecule has 0 aromatic rings. The molecule has 3 saturated heterocycles. The Morgan fingerprint density at radius 1 is 1.06 bits per heavy atom. The fourth-order valence-corrected chi connectivity index (χ4v) is 8.51. The van der Waals surface area contributed by atoms with Crippen LogP contribution >= 0.6 is 0 Å². The molecule has 0 unspecified atom stereocenters. The maximum Gasteiger partial charge on any atom is 0.319 e. The lowest BCUT2D eigenvalue weighted by Crippen LogP contribution is -2.60. The van der Waals surface area contributed by atoms with Crippen LogP contribution in [0.3, 0.4) is 0 Å². The van der Waals surface area contributed by atoms with Crippen molar-refractivity contribution in [2.24, 2.45) is 29.1 Å². The average molecular weight is 709 g/mol. The highest BCUT2D eigenvalue weighted by molar-refractivity contribution is 6.04. The summed E-state index contributed by atoms with van der Waals surface area (Å²) in [5.74, 6) is -0.429. The topological polar surface area (TPSA) is 121 Å². The molecule has 1 saturated carbocycles. The van der Waals surface area contributed by atoms with Gasteiger partial charge in [-0.05, 0) is 106 Å². The number of ether oxygens (including phenoxy) is 4. The standard InChI is InChI=1S/C38H68N4O8/c1-24-18-38(6,47-11)34(50-35-32(44)29(39(7)8)17-25(2)49-35)26(3)33(45)37(4,5)36(46)48-23-30(41(10)19-24)28-21-42(22-28)31(43)13-12-16-40(9)20-27-14-15-27/h24-30,32,34-35,44H,12-23H2,1-11H3/t24-,25-,26+,29+,30+,32-,34-,35+,38-/m1/s1. The van der Waals surface area contributed by atoms with Crippen molar-refractivity contribution in [3.05, 3.63) is 0 Å². The lowest BCUT2D eigenvalue weighted by molar-refractivity contribution is -0.295. The first-order valence-electron chi connectivity index (χ1n) is 19.0. The summed E-state index contributed by atoms with van der Waals surface area (Å²) < 4.78 is 25.0. The fraction of sp³-hybridized carbons (Fsp3) is 0.921. The second-order valence-corrected chi connectivity index (χ2v) is 17.2. The van der Waals surface area contributed by atoms with E-state index in [1.54, 1.807) is 27.9 Å². The fourth-order valence-electron chi connectivity index (χ4n) is 8.51. The van der Waals surface area contributed by atoms with E-state index in [0.29, 0.717) is 38.9 Å². The van der Waals surface area contributed by atoms with Gasteiger partial charge in [0.15, 0.2) is 12.1 Å². The molecule has 3 aliphatic heterocycles. The van der Waals surface area contributed by atoms with E-state index in [0.717, 1.165) is 25.4 Å². The summed E-state index contributed by atoms with van der Waals surface area (Å²) in [7, 11) is 9.64. The molecule has 4 aliphatic rings. The molecule has 0 bridgehead atoms. The van der Waals surface area contributed by atoms with Crippen molar-refractivity contribution in [1.29, 1.82) is 0 Å². The lowest BCUT2D eigenvalue weighted by atomic mass is 9.74. The van der Waals surface area contributed by atoms with Crippen molar-refractivity contribution in [3.63, 3.8) is 0 Å². The number of methoxy groups -OCH3 is 1. The van der Waals surface area contributed by atoms with Crippen molar-refractivity contribution in [2.75, 3.05) is 74.6 Å². The Hall–Kier alpha value is -1.67. The highest BCUT2D eigenvalue weighted by Crippen LogP contribution is 2.39. The highest BCUT2D eigenvalue weighted by Gasteiger charge is 2.52. The number of aliphatic hydroxyl groups is 1. The summed E-state index contributed by atoms with van der Waals surface area (Å²) >= 11 is 0. The average Bonchev–Trinajstić information content (AvgIpc) is 3.84. The number of hydrogen-bond donors (Lipinski definition) is 1. The third kappa shape index (κ3) is 9.85. The van der Waals surface area contributed by atoms with Gasteiger partial charge >= 0.3 is 5.97 Å². The number of carbonyl (C=O) groups excluding carboxylic acids is 3. The van der Waals surface area contributed by atoms with Gasteiger partial charge in [-0.2, -0.15) is 0 Å². The van der Waals surface area contributed by atoms with Gasteiger partial charge in [0.1, 0.15) is 18.1 Å². The number of rotatable bonds is 11. The largest absolute Gasteiger partial charge is 0.463 e. The van der Waals surface area contributed by atoms with Crippen LogP contribution in [0.4, 0.5) is 0 Å². The molecule has 9 atom stereocenters. The van der Waals surface area contributed by atoms with Gasteiger partial charge in [-0.1, -0.05) is 13.8 Å². The van der Waals surface area contributed by atoms with Gasteiger partial charge in [0.2, 0.25) is 5.91 Å². The van der Waals surface area contributed by atoms with Gasteiger partial charge < -0.3 is 38.8 Å². The first-order valence-corrected chi connectivity index (χ1v) is 19.0. The van der Waals surface area contributed by atoms with Gasteiger partial charge in [-0.3, -0.25) is 19.3 Å². The highest BCUT2D eigenvalue weighted by atomic mass is 16.7. The second-order valence-electron chi connectivity index (χ2n) is 17.2. The molecule has 4 fully saturated rings. The Morgan fingerprint density at radius 2 is 1.72 bits per heavy atom. The summed E-state index contributed by atoms with van der Waals surface area (Å²) in [6, 6.07) is -0.305. The second kappa shape index (κ2) is 17.0. The third-order valence-electron chi connectivity index (χ3n) is 11.9. The van der Waals surface area contributed by atoms with Crippen molar-refractivity contribution in [2.45, 2.75) is 122 Å². The van der Waals surface area contributed by atoms with E-state index in [4.69, 9.17) is 18.9 Å². The predicted octanol–water partition coefficient (Wildman–Crippen LogP) is 2.90. The van der Waals surface area contributed by atoms with Crippen LogP contribution in [-0.4, -0.2) is 159 Å². The van der Waals surface area contributed by atoms with Crippen molar-refractivity contribution in [3.8, 4) is 0 Å². The molecule has 0 aromatic heterocycles. The number of ketones is 1. The summed E-state index contributed by atoms with van der Waals surface area (Å²) in [5, 5.41) is 11.4. The van der Waals surface area contributed by atoms with E-state index >= 15 is 0 Å². The van der Waals surface area contributed by atoms with E-state index in [1.165, 1.54) is 12.8 Å². The zero-order valence-electron chi connectivity index (χ0n) is 32.9. The monoisotopic (exact) mass is 709 g/mol.